The number of aromatic nitrogens is 3. The van der Waals surface area contributed by atoms with Gasteiger partial charge >= 0.3 is 0 Å². The number of nitrogens with zero attached hydrogens (tertiary/aromatic N) is 4. The molecule has 24 heavy (non-hydrogen) atoms. The van der Waals surface area contributed by atoms with Crippen LogP contribution in [-0.2, 0) is 11.3 Å². The van der Waals surface area contributed by atoms with E-state index in [9.17, 15) is 0 Å². The molecule has 0 radical (unpaired) electrons. The minimum Gasteiger partial charge on any atom is -0.376 e. The largest absolute Gasteiger partial charge is 0.376 e. The molecule has 0 saturated carbocycles. The van der Waals surface area contributed by atoms with Crippen molar-refractivity contribution in [2.45, 2.75) is 53.2 Å². The van der Waals surface area contributed by atoms with Crippen LogP contribution in [-0.4, -0.2) is 33.5 Å². The molecule has 0 aromatic carbocycles. The lowest BCUT2D eigenvalue weighted by Gasteiger charge is -2.14. The second-order valence-corrected chi connectivity index (χ2v) is 6.42. The number of aryl methyl sites for hydroxylation is 3. The SMILES string of the molecule is Cc1cc(C)nc(N/N=C\c2cc(C)n(C[C@@H]3CCCO3)c2C)n1. The van der Waals surface area contributed by atoms with Gasteiger partial charge in [0.05, 0.1) is 12.3 Å². The first kappa shape index (κ1) is 16.6. The van der Waals surface area contributed by atoms with E-state index in [1.54, 1.807) is 0 Å². The molecule has 1 atom stereocenters. The molecule has 2 aromatic heterocycles. The fourth-order valence-corrected chi connectivity index (χ4v) is 3.17. The van der Waals surface area contributed by atoms with Crippen LogP contribution in [0.5, 0.6) is 0 Å². The Hall–Kier alpha value is -2.21. The van der Waals surface area contributed by atoms with E-state index in [-0.39, 0.29) is 0 Å². The van der Waals surface area contributed by atoms with Crippen LogP contribution in [0.15, 0.2) is 17.2 Å². The van der Waals surface area contributed by atoms with Crippen LogP contribution in [0.4, 0.5) is 5.95 Å². The van der Waals surface area contributed by atoms with E-state index >= 15 is 0 Å². The van der Waals surface area contributed by atoms with Crippen molar-refractivity contribution < 1.29 is 4.74 Å². The Morgan fingerprint density at radius 3 is 2.67 bits per heavy atom. The lowest BCUT2D eigenvalue weighted by Crippen LogP contribution is -2.16. The average molecular weight is 327 g/mol. The first-order chi connectivity index (χ1) is 11.5. The van der Waals surface area contributed by atoms with Crippen LogP contribution in [0.1, 0.15) is 41.2 Å². The molecule has 0 amide bonds. The van der Waals surface area contributed by atoms with E-state index < -0.39 is 0 Å². The maximum atomic E-state index is 5.75. The van der Waals surface area contributed by atoms with Gasteiger partial charge in [-0.2, -0.15) is 5.10 Å². The maximum absolute atomic E-state index is 5.75. The van der Waals surface area contributed by atoms with Crippen molar-refractivity contribution in [1.29, 1.82) is 0 Å². The summed E-state index contributed by atoms with van der Waals surface area (Å²) in [5.41, 5.74) is 8.30. The van der Waals surface area contributed by atoms with E-state index in [0.29, 0.717) is 12.1 Å². The van der Waals surface area contributed by atoms with Crippen LogP contribution in [0.3, 0.4) is 0 Å². The second kappa shape index (κ2) is 7.13. The first-order valence-corrected chi connectivity index (χ1v) is 8.42. The number of nitrogens with one attached hydrogen (secondary N) is 1. The molecule has 0 aliphatic carbocycles. The zero-order valence-corrected chi connectivity index (χ0v) is 14.8. The normalized spacial score (nSPS) is 17.8. The molecular formula is C18H25N5O. The fraction of sp³-hybridized carbons (Fsp3) is 0.500. The van der Waals surface area contributed by atoms with Gasteiger partial charge in [0.15, 0.2) is 0 Å². The zero-order valence-electron chi connectivity index (χ0n) is 14.8. The van der Waals surface area contributed by atoms with Crippen molar-refractivity contribution in [3.8, 4) is 0 Å². The molecule has 3 heterocycles. The monoisotopic (exact) mass is 327 g/mol. The minimum absolute atomic E-state index is 0.335. The summed E-state index contributed by atoms with van der Waals surface area (Å²) in [6.45, 7) is 9.94. The number of hydrogen-bond acceptors (Lipinski definition) is 5. The molecule has 1 aliphatic heterocycles. The van der Waals surface area contributed by atoms with Crippen LogP contribution < -0.4 is 5.43 Å². The van der Waals surface area contributed by atoms with Gasteiger partial charge in [0.25, 0.3) is 0 Å². The van der Waals surface area contributed by atoms with Crippen LogP contribution >= 0.6 is 0 Å². The Bertz CT molecular complexity index is 724. The molecule has 1 N–H and O–H groups in total. The second-order valence-electron chi connectivity index (χ2n) is 6.42. The minimum atomic E-state index is 0.335. The Kier molecular flexibility index (Phi) is 4.94. The quantitative estimate of drug-likeness (QED) is 0.677. The summed E-state index contributed by atoms with van der Waals surface area (Å²) in [5.74, 6) is 0.525. The average Bonchev–Trinajstić information content (AvgIpc) is 3.11. The van der Waals surface area contributed by atoms with E-state index in [2.05, 4.69) is 45.0 Å². The third-order valence-corrected chi connectivity index (χ3v) is 4.37. The summed E-state index contributed by atoms with van der Waals surface area (Å²) < 4.78 is 8.06. The van der Waals surface area contributed by atoms with Gasteiger partial charge in [-0.25, -0.2) is 15.4 Å². The lowest BCUT2D eigenvalue weighted by atomic mass is 10.2. The smallest absolute Gasteiger partial charge is 0.243 e. The third-order valence-electron chi connectivity index (χ3n) is 4.37. The van der Waals surface area contributed by atoms with Gasteiger partial charge in [0.2, 0.25) is 5.95 Å². The Labute approximate surface area is 143 Å². The van der Waals surface area contributed by atoms with Gasteiger partial charge in [0, 0.05) is 41.5 Å². The Balaban J connectivity index is 1.70. The highest BCUT2D eigenvalue weighted by Gasteiger charge is 2.18. The van der Waals surface area contributed by atoms with Crippen molar-refractivity contribution in [3.63, 3.8) is 0 Å². The zero-order chi connectivity index (χ0) is 17.1. The number of anilines is 1. The summed E-state index contributed by atoms with van der Waals surface area (Å²) >= 11 is 0. The van der Waals surface area contributed by atoms with Gasteiger partial charge in [0.1, 0.15) is 0 Å². The number of hydrazone groups is 1. The van der Waals surface area contributed by atoms with Crippen molar-refractivity contribution in [3.05, 3.63) is 40.5 Å². The predicted octanol–water partition coefficient (Wildman–Crippen LogP) is 3.14. The number of rotatable bonds is 5. The molecule has 1 saturated heterocycles. The van der Waals surface area contributed by atoms with Gasteiger partial charge in [-0.1, -0.05) is 0 Å². The summed E-state index contributed by atoms with van der Waals surface area (Å²) in [6.07, 6.45) is 4.47. The van der Waals surface area contributed by atoms with Gasteiger partial charge in [-0.15, -0.1) is 0 Å². The van der Waals surface area contributed by atoms with Gasteiger partial charge in [-0.05, 0) is 52.7 Å². The highest BCUT2D eigenvalue weighted by Crippen LogP contribution is 2.19. The summed E-state index contributed by atoms with van der Waals surface area (Å²) in [6, 6.07) is 4.09. The summed E-state index contributed by atoms with van der Waals surface area (Å²) in [4.78, 5) is 8.64. The number of ether oxygens (including phenoxy) is 1. The van der Waals surface area contributed by atoms with E-state index in [0.717, 1.165) is 42.9 Å². The molecule has 0 bridgehead atoms. The lowest BCUT2D eigenvalue weighted by molar-refractivity contribution is 0.0962. The standard InChI is InChI=1S/C18H25N5O/c1-12-8-13(2)21-18(20-12)22-19-10-16-9-14(3)23(15(16)4)11-17-6-5-7-24-17/h8-10,17H,5-7,11H2,1-4H3,(H,20,21,22)/b19-10-/t17-/m0/s1. The molecule has 0 unspecified atom stereocenters. The first-order valence-electron chi connectivity index (χ1n) is 8.42. The third kappa shape index (κ3) is 3.82. The van der Waals surface area contributed by atoms with Crippen molar-refractivity contribution in [2.75, 3.05) is 12.0 Å². The number of hydrogen-bond donors (Lipinski definition) is 1. The van der Waals surface area contributed by atoms with Crippen LogP contribution in [0.25, 0.3) is 0 Å². The molecule has 1 fully saturated rings. The summed E-state index contributed by atoms with van der Waals surface area (Å²) in [7, 11) is 0. The Morgan fingerprint density at radius 2 is 2.00 bits per heavy atom. The molecule has 128 valence electrons. The van der Waals surface area contributed by atoms with Crippen molar-refractivity contribution in [1.82, 2.24) is 14.5 Å². The molecule has 0 spiro atoms. The predicted molar refractivity (Wildman–Crippen MR) is 95.6 cm³/mol. The molecule has 6 nitrogen and oxygen atoms in total. The Morgan fingerprint density at radius 1 is 1.25 bits per heavy atom. The van der Waals surface area contributed by atoms with E-state index in [1.807, 2.05) is 26.1 Å². The van der Waals surface area contributed by atoms with Crippen molar-refractivity contribution >= 4 is 12.2 Å². The topological polar surface area (TPSA) is 64.3 Å². The van der Waals surface area contributed by atoms with E-state index in [4.69, 9.17) is 4.74 Å². The summed E-state index contributed by atoms with van der Waals surface area (Å²) in [5, 5.41) is 4.30. The molecule has 6 heteroatoms. The highest BCUT2D eigenvalue weighted by molar-refractivity contribution is 5.82. The van der Waals surface area contributed by atoms with Gasteiger partial charge < -0.3 is 9.30 Å². The maximum Gasteiger partial charge on any atom is 0.243 e. The molecule has 1 aliphatic rings. The van der Waals surface area contributed by atoms with E-state index in [1.165, 1.54) is 11.4 Å². The molecular weight excluding hydrogens is 302 g/mol. The fourth-order valence-electron chi connectivity index (χ4n) is 3.17. The molecule has 3 rings (SSSR count). The van der Waals surface area contributed by atoms with Gasteiger partial charge in [-0.3, -0.25) is 0 Å². The van der Waals surface area contributed by atoms with Crippen LogP contribution in [0, 0.1) is 27.7 Å². The van der Waals surface area contributed by atoms with Crippen molar-refractivity contribution in [2.24, 2.45) is 5.10 Å². The molecule has 2 aromatic rings. The van der Waals surface area contributed by atoms with Crippen LogP contribution in [0.2, 0.25) is 0 Å². The highest BCUT2D eigenvalue weighted by atomic mass is 16.5.